The van der Waals surface area contributed by atoms with Gasteiger partial charge in [0, 0.05) is 10.7 Å². The fourth-order valence-electron chi connectivity index (χ4n) is 1.60. The van der Waals surface area contributed by atoms with Gasteiger partial charge in [0.15, 0.2) is 0 Å². The van der Waals surface area contributed by atoms with Gasteiger partial charge in [-0.2, -0.15) is 0 Å². The first kappa shape index (κ1) is 12.5. The summed E-state index contributed by atoms with van der Waals surface area (Å²) in [6.45, 7) is 2.21. The van der Waals surface area contributed by atoms with Crippen molar-refractivity contribution >= 4 is 33.8 Å². The van der Waals surface area contributed by atoms with Crippen LogP contribution in [-0.4, -0.2) is 13.1 Å². The van der Waals surface area contributed by atoms with Crippen molar-refractivity contribution < 1.29 is 0 Å². The standard InChI is InChI=1S/C12H15NS.ClH/c1-9(13-2)7-10-3-4-12-11(8-10)5-6-14-12;/h3-6,8-9,13H,7H2,1-2H3;1H. The van der Waals surface area contributed by atoms with E-state index in [0.29, 0.717) is 6.04 Å². The third-order valence-electron chi connectivity index (χ3n) is 2.55. The Morgan fingerprint density at radius 3 is 2.87 bits per heavy atom. The van der Waals surface area contributed by atoms with Crippen LogP contribution >= 0.6 is 23.7 Å². The smallest absolute Gasteiger partial charge is 0.0342 e. The monoisotopic (exact) mass is 241 g/mol. The van der Waals surface area contributed by atoms with Gasteiger partial charge in [-0.1, -0.05) is 12.1 Å². The van der Waals surface area contributed by atoms with Gasteiger partial charge >= 0.3 is 0 Å². The summed E-state index contributed by atoms with van der Waals surface area (Å²) < 4.78 is 1.38. The molecule has 0 aliphatic heterocycles. The fraction of sp³-hybridized carbons (Fsp3) is 0.333. The van der Waals surface area contributed by atoms with Gasteiger partial charge < -0.3 is 5.32 Å². The molecule has 0 saturated heterocycles. The zero-order valence-electron chi connectivity index (χ0n) is 8.99. The molecule has 1 nitrogen and oxygen atoms in total. The molecule has 0 amide bonds. The van der Waals surface area contributed by atoms with E-state index in [-0.39, 0.29) is 12.4 Å². The Hall–Kier alpha value is -0.570. The van der Waals surface area contributed by atoms with E-state index in [4.69, 9.17) is 0 Å². The van der Waals surface area contributed by atoms with Crippen molar-refractivity contribution in [2.24, 2.45) is 0 Å². The number of thiophene rings is 1. The van der Waals surface area contributed by atoms with Gasteiger partial charge in [0.25, 0.3) is 0 Å². The molecular formula is C12H16ClNS. The molecule has 0 fully saturated rings. The molecule has 0 bridgehead atoms. The second kappa shape index (κ2) is 5.50. The third-order valence-corrected chi connectivity index (χ3v) is 3.45. The molecule has 3 heteroatoms. The quantitative estimate of drug-likeness (QED) is 0.868. The van der Waals surface area contributed by atoms with Crippen molar-refractivity contribution in [1.29, 1.82) is 0 Å². The predicted octanol–water partition coefficient (Wildman–Crippen LogP) is 3.47. The van der Waals surface area contributed by atoms with Crippen LogP contribution in [0, 0.1) is 0 Å². The number of benzene rings is 1. The maximum Gasteiger partial charge on any atom is 0.0342 e. The van der Waals surface area contributed by atoms with Gasteiger partial charge in [0.05, 0.1) is 0 Å². The first-order valence-corrected chi connectivity index (χ1v) is 5.81. The largest absolute Gasteiger partial charge is 0.317 e. The average molecular weight is 242 g/mol. The summed E-state index contributed by atoms with van der Waals surface area (Å²) in [6.07, 6.45) is 1.10. The molecule has 0 radical (unpaired) electrons. The van der Waals surface area contributed by atoms with Crippen LogP contribution in [0.3, 0.4) is 0 Å². The average Bonchev–Trinajstić information content (AvgIpc) is 2.64. The van der Waals surface area contributed by atoms with E-state index in [9.17, 15) is 0 Å². The van der Waals surface area contributed by atoms with Crippen LogP contribution in [0.15, 0.2) is 29.6 Å². The van der Waals surface area contributed by atoms with E-state index in [1.165, 1.54) is 15.6 Å². The van der Waals surface area contributed by atoms with Crippen LogP contribution in [0.5, 0.6) is 0 Å². The molecule has 1 aromatic heterocycles. The minimum Gasteiger partial charge on any atom is -0.317 e. The molecule has 2 aromatic rings. The van der Waals surface area contributed by atoms with Gasteiger partial charge in [-0.3, -0.25) is 0 Å². The van der Waals surface area contributed by atoms with Gasteiger partial charge in [0.2, 0.25) is 0 Å². The zero-order valence-corrected chi connectivity index (χ0v) is 10.6. The van der Waals surface area contributed by atoms with Gasteiger partial charge in [-0.15, -0.1) is 23.7 Å². The SMILES string of the molecule is CNC(C)Cc1ccc2sccc2c1.Cl. The summed E-state index contributed by atoms with van der Waals surface area (Å²) in [5, 5.41) is 6.78. The van der Waals surface area contributed by atoms with Crippen LogP contribution < -0.4 is 5.32 Å². The Morgan fingerprint density at radius 2 is 2.13 bits per heavy atom. The van der Waals surface area contributed by atoms with Crippen LogP contribution in [0.4, 0.5) is 0 Å². The summed E-state index contributed by atoms with van der Waals surface area (Å²) in [5.41, 5.74) is 1.41. The summed E-state index contributed by atoms with van der Waals surface area (Å²) in [5.74, 6) is 0. The van der Waals surface area contributed by atoms with Crippen molar-refractivity contribution in [2.45, 2.75) is 19.4 Å². The number of rotatable bonds is 3. The van der Waals surface area contributed by atoms with Crippen LogP contribution in [0.1, 0.15) is 12.5 Å². The lowest BCUT2D eigenvalue weighted by Crippen LogP contribution is -2.23. The maximum absolute atomic E-state index is 3.26. The molecule has 1 unspecified atom stereocenters. The molecule has 1 heterocycles. The lowest BCUT2D eigenvalue weighted by Gasteiger charge is -2.09. The van der Waals surface area contributed by atoms with Crippen molar-refractivity contribution in [3.8, 4) is 0 Å². The highest BCUT2D eigenvalue weighted by molar-refractivity contribution is 7.17. The highest BCUT2D eigenvalue weighted by Gasteiger charge is 2.01. The molecule has 15 heavy (non-hydrogen) atoms. The first-order chi connectivity index (χ1) is 6.79. The Balaban J connectivity index is 0.00000112. The van der Waals surface area contributed by atoms with E-state index in [1.54, 1.807) is 11.3 Å². The lowest BCUT2D eigenvalue weighted by atomic mass is 10.1. The number of hydrogen-bond donors (Lipinski definition) is 1. The molecule has 1 atom stereocenters. The second-order valence-corrected chi connectivity index (χ2v) is 4.63. The highest BCUT2D eigenvalue weighted by atomic mass is 35.5. The summed E-state index contributed by atoms with van der Waals surface area (Å²) in [4.78, 5) is 0. The van der Waals surface area contributed by atoms with Crippen molar-refractivity contribution in [3.63, 3.8) is 0 Å². The minimum absolute atomic E-state index is 0. The number of halogens is 1. The number of fused-ring (bicyclic) bond motifs is 1. The topological polar surface area (TPSA) is 12.0 Å². The van der Waals surface area contributed by atoms with E-state index in [1.807, 2.05) is 7.05 Å². The van der Waals surface area contributed by atoms with Crippen LogP contribution in [0.2, 0.25) is 0 Å². The Labute approximate surface area is 101 Å². The van der Waals surface area contributed by atoms with E-state index in [0.717, 1.165) is 6.42 Å². The van der Waals surface area contributed by atoms with Gasteiger partial charge in [0.1, 0.15) is 0 Å². The fourth-order valence-corrected chi connectivity index (χ4v) is 2.37. The molecule has 0 saturated carbocycles. The molecule has 1 N–H and O–H groups in total. The van der Waals surface area contributed by atoms with E-state index >= 15 is 0 Å². The van der Waals surface area contributed by atoms with Crippen LogP contribution in [-0.2, 0) is 6.42 Å². The van der Waals surface area contributed by atoms with Crippen molar-refractivity contribution in [1.82, 2.24) is 5.32 Å². The number of nitrogens with one attached hydrogen (secondary N) is 1. The maximum atomic E-state index is 3.26. The third kappa shape index (κ3) is 2.94. The van der Waals surface area contributed by atoms with Crippen molar-refractivity contribution in [3.05, 3.63) is 35.2 Å². The summed E-state index contributed by atoms with van der Waals surface area (Å²) >= 11 is 1.81. The molecule has 0 aliphatic carbocycles. The Bertz CT molecular complexity index is 424. The van der Waals surface area contributed by atoms with E-state index < -0.39 is 0 Å². The highest BCUT2D eigenvalue weighted by Crippen LogP contribution is 2.22. The van der Waals surface area contributed by atoms with Gasteiger partial charge in [-0.25, -0.2) is 0 Å². The molecule has 0 aliphatic rings. The minimum atomic E-state index is 0. The predicted molar refractivity (Wildman–Crippen MR) is 71.3 cm³/mol. The lowest BCUT2D eigenvalue weighted by molar-refractivity contribution is 0.609. The second-order valence-electron chi connectivity index (χ2n) is 3.69. The summed E-state index contributed by atoms with van der Waals surface area (Å²) in [6, 6.07) is 9.48. The van der Waals surface area contributed by atoms with Crippen molar-refractivity contribution in [2.75, 3.05) is 7.05 Å². The van der Waals surface area contributed by atoms with Gasteiger partial charge in [-0.05, 0) is 48.9 Å². The zero-order chi connectivity index (χ0) is 9.97. The van der Waals surface area contributed by atoms with E-state index in [2.05, 4.69) is 41.9 Å². The van der Waals surface area contributed by atoms with Crippen LogP contribution in [0.25, 0.3) is 10.1 Å². The summed E-state index contributed by atoms with van der Waals surface area (Å²) in [7, 11) is 2.01. The Morgan fingerprint density at radius 1 is 1.33 bits per heavy atom. The molecule has 2 rings (SSSR count). The Kier molecular flexibility index (Phi) is 4.58. The molecule has 82 valence electrons. The molecular weight excluding hydrogens is 226 g/mol. The molecule has 1 aromatic carbocycles. The normalized spacial score (nSPS) is 12.4. The number of hydrogen-bond acceptors (Lipinski definition) is 2. The first-order valence-electron chi connectivity index (χ1n) is 4.93. The molecule has 0 spiro atoms. The number of likely N-dealkylation sites (N-methyl/N-ethyl adjacent to an activating group) is 1.